The van der Waals surface area contributed by atoms with Gasteiger partial charge in [0.2, 0.25) is 0 Å². The van der Waals surface area contributed by atoms with Gasteiger partial charge in [-0.05, 0) is 44.0 Å². The summed E-state index contributed by atoms with van der Waals surface area (Å²) in [7, 11) is 0. The van der Waals surface area contributed by atoms with Crippen LogP contribution in [0.5, 0.6) is 0 Å². The second-order valence-corrected chi connectivity index (χ2v) is 5.96. The molecule has 0 amide bonds. The Morgan fingerprint density at radius 1 is 1.33 bits per heavy atom. The van der Waals surface area contributed by atoms with Gasteiger partial charge in [0.15, 0.2) is 0 Å². The number of pyridine rings is 1. The van der Waals surface area contributed by atoms with Gasteiger partial charge in [-0.15, -0.1) is 0 Å². The van der Waals surface area contributed by atoms with Crippen LogP contribution < -0.4 is 5.32 Å². The first kappa shape index (κ1) is 12.7. The minimum atomic E-state index is 0.521. The molecule has 2 aliphatic rings. The van der Waals surface area contributed by atoms with E-state index < -0.39 is 0 Å². The normalized spacial score (nSPS) is 28.3. The van der Waals surface area contributed by atoms with E-state index in [1.807, 2.05) is 6.07 Å². The topological polar surface area (TPSA) is 28.2 Å². The van der Waals surface area contributed by atoms with E-state index in [-0.39, 0.29) is 0 Å². The Kier molecular flexibility index (Phi) is 3.76. The molecule has 3 rings (SSSR count). The number of aromatic nitrogens is 1. The predicted octanol–water partition coefficient (Wildman–Crippen LogP) is 2.57. The zero-order valence-corrected chi connectivity index (χ0v) is 11.7. The van der Waals surface area contributed by atoms with Gasteiger partial charge in [-0.1, -0.05) is 23.2 Å². The quantitative estimate of drug-likeness (QED) is 0.847. The molecule has 2 unspecified atom stereocenters. The van der Waals surface area contributed by atoms with Crippen LogP contribution in [-0.2, 0) is 6.54 Å². The lowest BCUT2D eigenvalue weighted by Gasteiger charge is -2.36. The molecule has 1 N–H and O–H groups in total. The molecule has 0 saturated carbocycles. The molecule has 5 heteroatoms. The Morgan fingerprint density at radius 3 is 3.11 bits per heavy atom. The average molecular weight is 286 g/mol. The van der Waals surface area contributed by atoms with Crippen LogP contribution in [0.3, 0.4) is 0 Å². The Hall–Kier alpha value is -0.350. The summed E-state index contributed by atoms with van der Waals surface area (Å²) in [4.78, 5) is 6.85. The first-order valence-corrected chi connectivity index (χ1v) is 7.25. The highest BCUT2D eigenvalue weighted by Crippen LogP contribution is 2.29. The maximum absolute atomic E-state index is 6.19. The number of hydrogen-bond acceptors (Lipinski definition) is 3. The smallest absolute Gasteiger partial charge is 0.129 e. The Balaban J connectivity index is 1.77. The number of halogens is 2. The standard InChI is InChI=1S/C13H17Cl2N3/c14-10-3-4-13(15)17-11(10)8-18-5-1-2-9-6-16-7-12(9)18/h3-4,9,12,16H,1-2,5-8H2. The number of nitrogens with one attached hydrogen (secondary N) is 1. The Morgan fingerprint density at radius 2 is 2.22 bits per heavy atom. The number of nitrogens with zero attached hydrogens (tertiary/aromatic N) is 2. The Labute approximate surface area is 117 Å². The zero-order valence-electron chi connectivity index (χ0n) is 10.2. The van der Waals surface area contributed by atoms with Crippen molar-refractivity contribution in [3.63, 3.8) is 0 Å². The number of fused-ring (bicyclic) bond motifs is 1. The largest absolute Gasteiger partial charge is 0.315 e. The van der Waals surface area contributed by atoms with Crippen molar-refractivity contribution in [2.24, 2.45) is 5.92 Å². The van der Waals surface area contributed by atoms with Crippen molar-refractivity contribution in [2.75, 3.05) is 19.6 Å². The molecule has 3 nitrogen and oxygen atoms in total. The predicted molar refractivity (Wildman–Crippen MR) is 74.0 cm³/mol. The second kappa shape index (κ2) is 5.33. The monoisotopic (exact) mass is 285 g/mol. The Bertz CT molecular complexity index is 438. The fourth-order valence-electron chi connectivity index (χ4n) is 3.12. The van der Waals surface area contributed by atoms with Gasteiger partial charge >= 0.3 is 0 Å². The van der Waals surface area contributed by atoms with Crippen molar-refractivity contribution >= 4 is 23.2 Å². The lowest BCUT2D eigenvalue weighted by atomic mass is 9.92. The van der Waals surface area contributed by atoms with Gasteiger partial charge < -0.3 is 5.32 Å². The van der Waals surface area contributed by atoms with Gasteiger partial charge in [0.25, 0.3) is 0 Å². The number of rotatable bonds is 2. The van der Waals surface area contributed by atoms with Crippen molar-refractivity contribution < 1.29 is 0 Å². The lowest BCUT2D eigenvalue weighted by molar-refractivity contribution is 0.116. The summed E-state index contributed by atoms with van der Waals surface area (Å²) in [5.41, 5.74) is 0.900. The van der Waals surface area contributed by atoms with Crippen LogP contribution in [0.25, 0.3) is 0 Å². The second-order valence-electron chi connectivity index (χ2n) is 5.16. The molecule has 0 aliphatic carbocycles. The summed E-state index contributed by atoms with van der Waals surface area (Å²) in [6.45, 7) is 4.18. The van der Waals surface area contributed by atoms with E-state index in [2.05, 4.69) is 15.2 Å². The van der Waals surface area contributed by atoms with Crippen molar-refractivity contribution in [2.45, 2.75) is 25.4 Å². The van der Waals surface area contributed by atoms with E-state index in [4.69, 9.17) is 23.2 Å². The highest BCUT2D eigenvalue weighted by atomic mass is 35.5. The van der Waals surface area contributed by atoms with Crippen LogP contribution in [0.1, 0.15) is 18.5 Å². The van der Waals surface area contributed by atoms with Crippen LogP contribution in [0.2, 0.25) is 10.2 Å². The van der Waals surface area contributed by atoms with Gasteiger partial charge in [0.1, 0.15) is 5.15 Å². The molecule has 0 aromatic carbocycles. The van der Waals surface area contributed by atoms with Gasteiger partial charge in [0, 0.05) is 19.1 Å². The summed E-state index contributed by atoms with van der Waals surface area (Å²) in [6.07, 6.45) is 2.60. The average Bonchev–Trinajstić information content (AvgIpc) is 2.83. The van der Waals surface area contributed by atoms with Crippen LogP contribution >= 0.6 is 23.2 Å². The molecule has 0 radical (unpaired) electrons. The molecule has 0 bridgehead atoms. The van der Waals surface area contributed by atoms with Crippen molar-refractivity contribution in [3.8, 4) is 0 Å². The zero-order chi connectivity index (χ0) is 12.5. The number of hydrogen-bond donors (Lipinski definition) is 1. The molecule has 1 aromatic heterocycles. The summed E-state index contributed by atoms with van der Waals surface area (Å²) in [5.74, 6) is 0.789. The third-order valence-electron chi connectivity index (χ3n) is 4.03. The molecular weight excluding hydrogens is 269 g/mol. The molecule has 1 aromatic rings. The van der Waals surface area contributed by atoms with Gasteiger partial charge in [-0.2, -0.15) is 0 Å². The fourth-order valence-corrected chi connectivity index (χ4v) is 3.45. The lowest BCUT2D eigenvalue weighted by Crippen LogP contribution is -2.44. The van der Waals surface area contributed by atoms with Crippen LogP contribution in [0.4, 0.5) is 0 Å². The third-order valence-corrected chi connectivity index (χ3v) is 4.59. The fraction of sp³-hybridized carbons (Fsp3) is 0.615. The third kappa shape index (κ3) is 2.50. The van der Waals surface area contributed by atoms with Crippen molar-refractivity contribution in [3.05, 3.63) is 28.0 Å². The molecule has 98 valence electrons. The summed E-state index contributed by atoms with van der Waals surface area (Å²) in [6, 6.07) is 4.21. The highest BCUT2D eigenvalue weighted by molar-refractivity contribution is 6.32. The number of likely N-dealkylation sites (tertiary alicyclic amines) is 1. The molecule has 18 heavy (non-hydrogen) atoms. The molecular formula is C13H17Cl2N3. The van der Waals surface area contributed by atoms with Crippen molar-refractivity contribution in [1.29, 1.82) is 0 Å². The van der Waals surface area contributed by atoms with E-state index in [0.29, 0.717) is 16.2 Å². The maximum atomic E-state index is 6.19. The van der Waals surface area contributed by atoms with Gasteiger partial charge in [-0.3, -0.25) is 4.90 Å². The first-order valence-electron chi connectivity index (χ1n) is 6.50. The van der Waals surface area contributed by atoms with E-state index in [9.17, 15) is 0 Å². The first-order chi connectivity index (χ1) is 8.74. The SMILES string of the molecule is Clc1ccc(Cl)c(CN2CCCC3CNCC32)n1. The highest BCUT2D eigenvalue weighted by Gasteiger charge is 2.35. The molecule has 2 aliphatic heterocycles. The maximum Gasteiger partial charge on any atom is 0.129 e. The van der Waals surface area contributed by atoms with E-state index in [0.717, 1.165) is 37.8 Å². The summed E-state index contributed by atoms with van der Waals surface area (Å²) < 4.78 is 0. The van der Waals surface area contributed by atoms with Crippen LogP contribution in [0, 0.1) is 5.92 Å². The minimum Gasteiger partial charge on any atom is -0.315 e. The number of piperidine rings is 1. The molecule has 2 saturated heterocycles. The van der Waals surface area contributed by atoms with Crippen molar-refractivity contribution in [1.82, 2.24) is 15.2 Å². The van der Waals surface area contributed by atoms with Crippen LogP contribution in [0.15, 0.2) is 12.1 Å². The van der Waals surface area contributed by atoms with E-state index in [1.54, 1.807) is 6.07 Å². The summed E-state index contributed by atoms with van der Waals surface area (Å²) in [5, 5.41) is 4.72. The van der Waals surface area contributed by atoms with E-state index >= 15 is 0 Å². The minimum absolute atomic E-state index is 0.521. The molecule has 2 atom stereocenters. The van der Waals surface area contributed by atoms with Crippen LogP contribution in [-0.4, -0.2) is 35.6 Å². The molecule has 2 fully saturated rings. The van der Waals surface area contributed by atoms with E-state index in [1.165, 1.54) is 12.8 Å². The molecule has 0 spiro atoms. The molecule has 3 heterocycles. The summed E-state index contributed by atoms with van der Waals surface area (Å²) >= 11 is 12.1. The van der Waals surface area contributed by atoms with Gasteiger partial charge in [-0.25, -0.2) is 4.98 Å². The van der Waals surface area contributed by atoms with Gasteiger partial charge in [0.05, 0.1) is 10.7 Å².